The fraction of sp³-hybridized carbons (Fsp3) is 0.404. The van der Waals surface area contributed by atoms with Crippen molar-refractivity contribution in [1.29, 1.82) is 0 Å². The lowest BCUT2D eigenvalue weighted by Crippen LogP contribution is -2.38. The highest BCUT2D eigenvalue weighted by Gasteiger charge is 2.51. The molecular weight excluding hydrogens is 1750 g/mol. The van der Waals surface area contributed by atoms with E-state index in [9.17, 15) is 23.6 Å². The first kappa shape index (κ1) is 90.4. The van der Waals surface area contributed by atoms with E-state index in [2.05, 4.69) is 140 Å². The molecule has 0 radical (unpaired) electrons. The zero-order valence-corrected chi connectivity index (χ0v) is 78.4. The Bertz CT molecular complexity index is 6200. The van der Waals surface area contributed by atoms with Crippen LogP contribution < -0.4 is 40.9 Å². The minimum Gasteiger partial charge on any atom is -0.346 e. The van der Waals surface area contributed by atoms with Gasteiger partial charge in [0, 0.05) is 130 Å². The van der Waals surface area contributed by atoms with Crippen LogP contribution in [0.3, 0.4) is 0 Å². The molecule has 0 bridgehead atoms. The topological polar surface area (TPSA) is 317 Å². The van der Waals surface area contributed by atoms with Crippen molar-refractivity contribution in [2.45, 2.75) is 166 Å². The van der Waals surface area contributed by atoms with Crippen molar-refractivity contribution in [3.05, 3.63) is 238 Å². The molecule has 12 heterocycles. The zero-order chi connectivity index (χ0) is 92.2. The molecule has 8 amide bonds. The molecule has 682 valence electrons. The number of rotatable bonds is 25. The summed E-state index contributed by atoms with van der Waals surface area (Å²) >= 11 is 24.9. The molecule has 4 N–H and O–H groups in total. The summed E-state index contributed by atoms with van der Waals surface area (Å²) in [4.78, 5) is 120. The van der Waals surface area contributed by atoms with Crippen molar-refractivity contribution in [3.63, 3.8) is 0 Å². The van der Waals surface area contributed by atoms with Crippen LogP contribution in [0.25, 0.3) is 22.7 Å². The van der Waals surface area contributed by atoms with Crippen molar-refractivity contribution in [2.75, 3.05) is 95.2 Å². The number of para-hydroxylation sites is 1. The number of imidazole rings is 4. The van der Waals surface area contributed by atoms with E-state index < -0.39 is 5.54 Å². The van der Waals surface area contributed by atoms with Crippen LogP contribution in [-0.2, 0) is 16.6 Å². The molecule has 0 spiro atoms. The molecular formula is C94H107Cl4FN28O4. The minimum atomic E-state index is -0.428. The van der Waals surface area contributed by atoms with Gasteiger partial charge in [-0.2, -0.15) is 19.9 Å². The summed E-state index contributed by atoms with van der Waals surface area (Å²) < 4.78 is 21.8. The Labute approximate surface area is 780 Å². The van der Waals surface area contributed by atoms with Gasteiger partial charge >= 0.3 is 24.1 Å². The fourth-order valence-electron chi connectivity index (χ4n) is 17.2. The van der Waals surface area contributed by atoms with Crippen molar-refractivity contribution >= 4 is 118 Å². The van der Waals surface area contributed by atoms with Gasteiger partial charge in [-0.25, -0.2) is 63.4 Å². The van der Waals surface area contributed by atoms with Crippen molar-refractivity contribution in [2.24, 2.45) is 23.7 Å². The van der Waals surface area contributed by atoms with Crippen LogP contribution in [0.15, 0.2) is 184 Å². The zero-order valence-electron chi connectivity index (χ0n) is 75.3. The highest BCUT2D eigenvalue weighted by atomic mass is 35.5. The van der Waals surface area contributed by atoms with E-state index in [0.717, 1.165) is 83.4 Å². The van der Waals surface area contributed by atoms with Gasteiger partial charge in [-0.3, -0.25) is 19.6 Å². The third-order valence-corrected chi connectivity index (χ3v) is 26.5. The first-order valence-electron chi connectivity index (χ1n) is 44.4. The number of urea groups is 4. The van der Waals surface area contributed by atoms with Crippen molar-refractivity contribution in [1.82, 2.24) is 97.7 Å². The lowest BCUT2D eigenvalue weighted by atomic mass is 10.0. The largest absolute Gasteiger partial charge is 0.346 e. The van der Waals surface area contributed by atoms with E-state index >= 15 is 0 Å². The van der Waals surface area contributed by atoms with Crippen LogP contribution in [0.5, 0.6) is 0 Å². The van der Waals surface area contributed by atoms with Gasteiger partial charge in [0.05, 0.1) is 111 Å². The summed E-state index contributed by atoms with van der Waals surface area (Å²) in [5, 5.41) is 16.2. The molecule has 4 aliphatic carbocycles. The van der Waals surface area contributed by atoms with Crippen LogP contribution in [0.2, 0.25) is 20.1 Å². The van der Waals surface area contributed by atoms with E-state index in [1.54, 1.807) is 125 Å². The summed E-state index contributed by atoms with van der Waals surface area (Å²) in [6, 6.07) is 33.1. The number of amides is 8. The maximum absolute atomic E-state index is 14.3. The third kappa shape index (κ3) is 19.3. The number of aromatic nitrogens is 16. The Morgan fingerprint density at radius 1 is 0.382 bits per heavy atom. The lowest BCUT2D eigenvalue weighted by molar-refractivity contribution is 0.228. The quantitative estimate of drug-likeness (QED) is 0.0413. The highest BCUT2D eigenvalue weighted by molar-refractivity contribution is 6.32. The molecule has 4 saturated carbocycles. The molecule has 8 aromatic heterocycles. The highest BCUT2D eigenvalue weighted by Crippen LogP contribution is 2.51. The Kier molecular flexibility index (Phi) is 25.5. The number of halogens is 5. The summed E-state index contributed by atoms with van der Waals surface area (Å²) in [5.74, 6) is 5.80. The number of hydrogen-bond donors (Lipinski definition) is 4. The number of nitrogens with one attached hydrogen (secondary N) is 4. The Balaban J connectivity index is 0.000000122. The van der Waals surface area contributed by atoms with Gasteiger partial charge in [0.25, 0.3) is 0 Å². The second-order valence-corrected chi connectivity index (χ2v) is 38.3. The predicted molar refractivity (Wildman–Crippen MR) is 507 cm³/mol. The summed E-state index contributed by atoms with van der Waals surface area (Å²) in [6.45, 7) is 21.6. The van der Waals surface area contributed by atoms with E-state index in [1.165, 1.54) is 30.5 Å². The normalized spacial score (nSPS) is 19.5. The number of benzene rings is 4. The van der Waals surface area contributed by atoms with Gasteiger partial charge in [0.1, 0.15) is 29.1 Å². The van der Waals surface area contributed by atoms with Crippen LogP contribution in [0, 0.1) is 29.5 Å². The lowest BCUT2D eigenvalue weighted by Gasteiger charge is -2.25. The van der Waals surface area contributed by atoms with Crippen LogP contribution >= 0.6 is 46.4 Å². The number of hydrogen-bond acceptors (Lipinski definition) is 20. The molecule has 131 heavy (non-hydrogen) atoms. The number of carbonyl (C=O) groups excluding carboxylic acids is 4. The SMILES string of the molecule is CC(C)[C@H]1CN(C)C(=O)N1c1ccnc(NC2(c3cn(-c4cc(Cl)cc(C5CC5)c4)cn3)CC2)n1.CC(C)[C@H]1CN(C)C(=O)N1c1ccnc(NC2(c3cn(-c4cc(Cl)ccc4F)cn3)CC2)n1.CC(C)[C@H]1CN(C)C(=O)N1c1ccnc(NC2(c3cn(-c4ccccc4Cl)cn3)CC2)n1.CC(C)[C@H]1CN(C)C(=O)N1c1ccnc(N[C@@H](C)c2cn(-c3cccc(Cl)c3)cn2)n1. The number of likely N-dealkylation sites (N-methyl/N-ethyl adjacent to an activating group) is 4. The van der Waals surface area contributed by atoms with Crippen LogP contribution in [0.1, 0.15) is 154 Å². The van der Waals surface area contributed by atoms with E-state index in [1.807, 2.05) is 121 Å². The van der Waals surface area contributed by atoms with Gasteiger partial charge in [-0.05, 0) is 184 Å². The third-order valence-electron chi connectivity index (χ3n) is 25.5. The molecule has 4 aromatic carbocycles. The summed E-state index contributed by atoms with van der Waals surface area (Å²) in [7, 11) is 7.28. The number of nitrogens with zero attached hydrogens (tertiary/aromatic N) is 24. The Morgan fingerprint density at radius 3 is 1.18 bits per heavy atom. The molecule has 20 rings (SSSR count). The standard InChI is InChI=1S/C26H30ClN7O.C23H25ClFN7O.C23H26ClN7O.C22H26ClN7O/c1-16(2)21-13-32(3)25(35)34(21)23-6-9-28-24(30-23)31-26(7-8-26)22-14-33(15-29-22)20-11-18(17-4-5-17)10-19(27)12-20;1-14(2)18-11-30(3)22(33)32(18)20-6-9-26-21(28-20)29-23(7-8-23)19-12-31(13-27-19)17-10-15(24)4-5-16(17)25;1-15(2)18-12-29(3)22(32)31(18)20-8-11-25-21(27-20)28-23(9-10-23)19-13-30(14-26-19)17-7-5-4-6-16(17)24;1-14(2)19-12-28(4)22(31)30(19)20-8-9-24-21(27-20)26-15(3)18-11-29(13-25-18)17-7-5-6-16(23)10-17/h6,9-12,14-17,21H,4-5,7-8,13H2,1-3H3,(H,28,30,31);4-6,9-10,12-14,18H,7-8,11H2,1-3H3,(H,26,28,29);4-8,11,13-15,18H,9-10,12H2,1-3H3,(H,25,27,28);5-11,13-15,19H,12H2,1-4H3,(H,24,26,27)/t21-;2*18-;15-,19+/m1110/s1. The molecule has 0 unspecified atom stereocenters. The molecule has 5 atom stereocenters. The van der Waals surface area contributed by atoms with Gasteiger partial charge < -0.3 is 59.1 Å². The van der Waals surface area contributed by atoms with Gasteiger partial charge in [0.15, 0.2) is 0 Å². The van der Waals surface area contributed by atoms with E-state index in [0.29, 0.717) is 118 Å². The average molecular weight is 1850 g/mol. The second-order valence-electron chi connectivity index (χ2n) is 36.6. The number of anilines is 8. The Morgan fingerprint density at radius 2 is 0.763 bits per heavy atom. The smallest absolute Gasteiger partial charge is 0.325 e. The van der Waals surface area contributed by atoms with E-state index in [4.69, 9.17) is 61.4 Å². The van der Waals surface area contributed by atoms with Gasteiger partial charge in [-0.1, -0.05) is 120 Å². The first-order valence-corrected chi connectivity index (χ1v) is 45.9. The predicted octanol–water partition coefficient (Wildman–Crippen LogP) is 18.3. The van der Waals surface area contributed by atoms with Crippen LogP contribution in [-0.4, -0.2) is 200 Å². The van der Waals surface area contributed by atoms with Crippen molar-refractivity contribution < 1.29 is 23.6 Å². The number of carbonyl (C=O) groups is 4. The van der Waals surface area contributed by atoms with Gasteiger partial charge in [-0.15, -0.1) is 0 Å². The monoisotopic (exact) mass is 1850 g/mol. The first-order chi connectivity index (χ1) is 62.8. The summed E-state index contributed by atoms with van der Waals surface area (Å²) in [5.41, 5.74) is 6.94. The maximum atomic E-state index is 14.3. The molecule has 4 aliphatic heterocycles. The minimum absolute atomic E-state index is 0.0275. The molecule has 32 nitrogen and oxygen atoms in total. The molecule has 12 aromatic rings. The molecule has 8 aliphatic rings. The maximum Gasteiger partial charge on any atom is 0.325 e. The van der Waals surface area contributed by atoms with Crippen LogP contribution in [0.4, 0.5) is 70.6 Å². The fourth-order valence-corrected chi connectivity index (χ4v) is 18.0. The van der Waals surface area contributed by atoms with Gasteiger partial charge in [0.2, 0.25) is 23.8 Å². The molecule has 4 saturated heterocycles. The second kappa shape index (κ2) is 37.0. The Hall–Kier alpha value is -12.6. The molecule has 37 heteroatoms. The molecule has 8 fully saturated rings. The van der Waals surface area contributed by atoms with Crippen molar-refractivity contribution in [3.8, 4) is 22.7 Å². The average Bonchev–Trinajstić information content (AvgIpc) is 1.60. The van der Waals surface area contributed by atoms with E-state index in [-0.39, 0.29) is 77.1 Å². The summed E-state index contributed by atoms with van der Waals surface area (Å²) in [6.07, 6.45) is 29.4.